The van der Waals surface area contributed by atoms with Crippen molar-refractivity contribution in [2.45, 2.75) is 20.0 Å². The van der Waals surface area contributed by atoms with Gasteiger partial charge in [-0.3, -0.25) is 0 Å². The fourth-order valence-corrected chi connectivity index (χ4v) is 3.58. The molecular weight excluding hydrogens is 355 g/mol. The summed E-state index contributed by atoms with van der Waals surface area (Å²) in [5, 5.41) is 0. The summed E-state index contributed by atoms with van der Waals surface area (Å²) in [5.41, 5.74) is 3.34. The molecule has 2 aromatic carbocycles. The molecule has 1 aromatic heterocycles. The Morgan fingerprint density at radius 3 is 2.57 bits per heavy atom. The fourth-order valence-electron chi connectivity index (χ4n) is 3.58. The third kappa shape index (κ3) is 3.38. The molecule has 2 heterocycles. The molecule has 0 bridgehead atoms. The van der Waals surface area contributed by atoms with Crippen LogP contribution in [-0.2, 0) is 13.1 Å². The lowest BCUT2D eigenvalue weighted by Gasteiger charge is -2.15. The second kappa shape index (κ2) is 7.46. The number of likely N-dealkylation sites (N-methyl/N-ethyl adjacent to an activating group) is 1. The zero-order chi connectivity index (χ0) is 19.7. The van der Waals surface area contributed by atoms with Gasteiger partial charge < -0.3 is 14.4 Å². The number of imidazole rings is 1. The first kappa shape index (κ1) is 18.2. The van der Waals surface area contributed by atoms with Crippen LogP contribution in [0.4, 0.5) is 9.18 Å². The van der Waals surface area contributed by atoms with Crippen LogP contribution in [0.2, 0.25) is 0 Å². The van der Waals surface area contributed by atoms with Crippen LogP contribution in [0.5, 0.6) is 0 Å². The summed E-state index contributed by atoms with van der Waals surface area (Å²) >= 11 is 0. The van der Waals surface area contributed by atoms with Gasteiger partial charge in [-0.1, -0.05) is 36.4 Å². The van der Waals surface area contributed by atoms with Gasteiger partial charge in [0.25, 0.3) is 0 Å². The van der Waals surface area contributed by atoms with E-state index in [0.717, 1.165) is 30.0 Å². The lowest BCUT2D eigenvalue weighted by atomic mass is 10.1. The van der Waals surface area contributed by atoms with E-state index in [1.807, 2.05) is 65.9 Å². The van der Waals surface area contributed by atoms with E-state index in [4.69, 9.17) is 0 Å². The van der Waals surface area contributed by atoms with Gasteiger partial charge in [0.1, 0.15) is 17.2 Å². The number of fused-ring (bicyclic) bond motifs is 1. The maximum Gasteiger partial charge on any atom is 0.320 e. The molecule has 1 fully saturated rings. The van der Waals surface area contributed by atoms with E-state index in [1.165, 1.54) is 6.07 Å². The molecule has 0 radical (unpaired) electrons. The molecule has 3 aromatic rings. The van der Waals surface area contributed by atoms with Crippen molar-refractivity contribution in [3.05, 3.63) is 65.2 Å². The first-order valence-corrected chi connectivity index (χ1v) is 9.48. The van der Waals surface area contributed by atoms with Crippen molar-refractivity contribution < 1.29 is 9.18 Å². The number of nitrogens with zero attached hydrogens (tertiary/aromatic N) is 4. The number of rotatable bonds is 5. The van der Waals surface area contributed by atoms with Crippen LogP contribution in [0.3, 0.4) is 0 Å². The summed E-state index contributed by atoms with van der Waals surface area (Å²) in [6.07, 6.45) is 3.89. The Bertz CT molecular complexity index is 1040. The summed E-state index contributed by atoms with van der Waals surface area (Å²) in [5.74, 6) is 0.482. The average molecular weight is 378 g/mol. The van der Waals surface area contributed by atoms with Gasteiger partial charge in [0.05, 0.1) is 5.52 Å². The van der Waals surface area contributed by atoms with Crippen molar-refractivity contribution in [3.63, 3.8) is 0 Å². The Hall–Kier alpha value is -3.15. The van der Waals surface area contributed by atoms with Gasteiger partial charge in [0, 0.05) is 33.2 Å². The minimum atomic E-state index is -0.252. The van der Waals surface area contributed by atoms with Gasteiger partial charge in [-0.05, 0) is 36.3 Å². The molecule has 28 heavy (non-hydrogen) atoms. The highest BCUT2D eigenvalue weighted by atomic mass is 19.1. The maximum atomic E-state index is 14.2. The number of hydrogen-bond acceptors (Lipinski definition) is 2. The summed E-state index contributed by atoms with van der Waals surface area (Å²) < 4.78 is 16.0. The average Bonchev–Trinajstić information content (AvgIpc) is 3.22. The van der Waals surface area contributed by atoms with E-state index < -0.39 is 0 Å². The number of para-hydroxylation sites is 1. The van der Waals surface area contributed by atoms with Crippen molar-refractivity contribution in [2.24, 2.45) is 0 Å². The van der Waals surface area contributed by atoms with Gasteiger partial charge >= 0.3 is 6.03 Å². The Balaban J connectivity index is 1.52. The summed E-state index contributed by atoms with van der Waals surface area (Å²) in [6.45, 7) is 4.79. The van der Waals surface area contributed by atoms with Gasteiger partial charge in [-0.2, -0.15) is 0 Å². The fraction of sp³-hybridized carbons (Fsp3) is 0.273. The molecule has 0 saturated carbocycles. The predicted molar refractivity (Wildman–Crippen MR) is 109 cm³/mol. The van der Waals surface area contributed by atoms with Crippen LogP contribution >= 0.6 is 0 Å². The first-order chi connectivity index (χ1) is 13.6. The number of aryl methyl sites for hydroxylation is 1. The van der Waals surface area contributed by atoms with Gasteiger partial charge in [-0.15, -0.1) is 0 Å². The Morgan fingerprint density at radius 2 is 1.89 bits per heavy atom. The molecular formula is C22H23FN4O. The lowest BCUT2D eigenvalue weighted by molar-refractivity contribution is 0.197. The smallest absolute Gasteiger partial charge is 0.320 e. The number of carbonyl (C=O) groups excluding carboxylic acids is 1. The summed E-state index contributed by atoms with van der Waals surface area (Å²) in [6, 6.07) is 13.2. The van der Waals surface area contributed by atoms with Crippen molar-refractivity contribution in [3.8, 4) is 0 Å². The second-order valence-corrected chi connectivity index (χ2v) is 7.02. The Morgan fingerprint density at radius 1 is 1.11 bits per heavy atom. The van der Waals surface area contributed by atoms with E-state index in [2.05, 4.69) is 4.98 Å². The van der Waals surface area contributed by atoms with Crippen molar-refractivity contribution in [2.75, 3.05) is 20.1 Å². The molecule has 0 aliphatic carbocycles. The lowest BCUT2D eigenvalue weighted by Crippen LogP contribution is -2.28. The van der Waals surface area contributed by atoms with Crippen LogP contribution in [0.1, 0.15) is 23.9 Å². The van der Waals surface area contributed by atoms with Crippen molar-refractivity contribution in [1.82, 2.24) is 19.4 Å². The molecule has 2 amide bonds. The minimum Gasteiger partial charge on any atom is -0.326 e. The number of halogens is 1. The maximum absolute atomic E-state index is 14.2. The van der Waals surface area contributed by atoms with Crippen LogP contribution in [0.25, 0.3) is 23.2 Å². The normalized spacial score (nSPS) is 14.8. The number of aromatic nitrogens is 2. The zero-order valence-corrected chi connectivity index (χ0v) is 16.1. The molecule has 144 valence electrons. The largest absolute Gasteiger partial charge is 0.326 e. The topological polar surface area (TPSA) is 41.4 Å². The summed E-state index contributed by atoms with van der Waals surface area (Å²) in [7, 11) is 1.83. The van der Waals surface area contributed by atoms with Crippen molar-refractivity contribution >= 4 is 29.2 Å². The van der Waals surface area contributed by atoms with Crippen LogP contribution in [0, 0.1) is 5.82 Å². The van der Waals surface area contributed by atoms with E-state index in [-0.39, 0.29) is 11.8 Å². The molecule has 5 nitrogen and oxygen atoms in total. The highest BCUT2D eigenvalue weighted by molar-refractivity contribution is 5.80. The molecule has 0 spiro atoms. The zero-order valence-electron chi connectivity index (χ0n) is 16.1. The molecule has 4 rings (SSSR count). The van der Waals surface area contributed by atoms with E-state index >= 15 is 0 Å². The van der Waals surface area contributed by atoms with Crippen molar-refractivity contribution in [1.29, 1.82) is 0 Å². The van der Waals surface area contributed by atoms with Crippen LogP contribution < -0.4 is 0 Å². The molecule has 0 atom stereocenters. The third-order valence-corrected chi connectivity index (χ3v) is 5.14. The van der Waals surface area contributed by atoms with E-state index in [9.17, 15) is 9.18 Å². The van der Waals surface area contributed by atoms with E-state index in [0.29, 0.717) is 24.1 Å². The minimum absolute atomic E-state index is 0.0784. The first-order valence-electron chi connectivity index (χ1n) is 9.48. The standard InChI is InChI=1S/C22H23FN4O/c1-3-27-20(24-19-6-4-5-18(23)21(19)27)12-11-16-7-9-17(10-8-16)15-26-14-13-25(2)22(26)28/h4-12H,3,13-15H2,1-2H3/b12-11+. The monoisotopic (exact) mass is 378 g/mol. The molecule has 1 saturated heterocycles. The van der Waals surface area contributed by atoms with Gasteiger partial charge in [0.15, 0.2) is 0 Å². The highest BCUT2D eigenvalue weighted by Gasteiger charge is 2.24. The van der Waals surface area contributed by atoms with Crippen LogP contribution in [-0.4, -0.2) is 45.5 Å². The third-order valence-electron chi connectivity index (χ3n) is 5.14. The molecule has 0 N–H and O–H groups in total. The number of hydrogen-bond donors (Lipinski definition) is 0. The number of urea groups is 1. The quantitative estimate of drug-likeness (QED) is 0.667. The Kier molecular flexibility index (Phi) is 4.86. The van der Waals surface area contributed by atoms with E-state index in [1.54, 1.807) is 11.0 Å². The van der Waals surface area contributed by atoms with Crippen LogP contribution in [0.15, 0.2) is 42.5 Å². The molecule has 1 aliphatic heterocycles. The molecule has 1 aliphatic rings. The molecule has 6 heteroatoms. The molecule has 0 unspecified atom stereocenters. The Labute approximate surface area is 163 Å². The SMILES string of the molecule is CCn1c(/C=C/c2ccc(CN3CCN(C)C3=O)cc2)nc2cccc(F)c21. The number of carbonyl (C=O) groups is 1. The number of benzene rings is 2. The highest BCUT2D eigenvalue weighted by Crippen LogP contribution is 2.21. The number of amides is 2. The second-order valence-electron chi connectivity index (χ2n) is 7.02. The van der Waals surface area contributed by atoms with Gasteiger partial charge in [0.2, 0.25) is 0 Å². The summed E-state index contributed by atoms with van der Waals surface area (Å²) in [4.78, 5) is 20.1. The van der Waals surface area contributed by atoms with Gasteiger partial charge in [-0.25, -0.2) is 14.2 Å². The predicted octanol–water partition coefficient (Wildman–Crippen LogP) is 4.23.